The second kappa shape index (κ2) is 6.74. The Morgan fingerprint density at radius 3 is 2.42 bits per heavy atom. The number of nitrogens with one attached hydrogen (secondary N) is 1. The van der Waals surface area contributed by atoms with Crippen molar-refractivity contribution in [2.45, 2.75) is 11.8 Å². The molecule has 1 aromatic carbocycles. The van der Waals surface area contributed by atoms with E-state index in [0.717, 1.165) is 37.6 Å². The molecule has 2 aromatic rings. The molecule has 24 heavy (non-hydrogen) atoms. The zero-order chi connectivity index (χ0) is 17.2. The summed E-state index contributed by atoms with van der Waals surface area (Å²) in [6.07, 6.45) is 0. The molecule has 8 heteroatoms. The minimum absolute atomic E-state index is 0.215. The fraction of sp³-hybridized carbons (Fsp3) is 0.375. The molecule has 1 saturated heterocycles. The summed E-state index contributed by atoms with van der Waals surface area (Å²) in [4.78, 5) is 4.62. The monoisotopic (exact) mass is 347 g/mol. The number of anilines is 2. The third-order valence-electron chi connectivity index (χ3n) is 4.02. The number of hydrogen-bond donors (Lipinski definition) is 1. The van der Waals surface area contributed by atoms with Crippen LogP contribution in [0.1, 0.15) is 5.56 Å². The van der Waals surface area contributed by atoms with Crippen LogP contribution >= 0.6 is 0 Å². The van der Waals surface area contributed by atoms with Crippen molar-refractivity contribution in [1.29, 1.82) is 0 Å². The molecule has 0 atom stereocenters. The molecule has 1 N–H and O–H groups in total. The van der Waals surface area contributed by atoms with Crippen LogP contribution in [0.2, 0.25) is 0 Å². The van der Waals surface area contributed by atoms with E-state index in [4.69, 9.17) is 0 Å². The molecule has 1 fully saturated rings. The fourth-order valence-corrected chi connectivity index (χ4v) is 3.66. The topological polar surface area (TPSA) is 78.4 Å². The predicted octanol–water partition coefficient (Wildman–Crippen LogP) is 1.34. The summed E-state index contributed by atoms with van der Waals surface area (Å²) < 4.78 is 27.2. The minimum atomic E-state index is -3.65. The van der Waals surface area contributed by atoms with Crippen LogP contribution in [0, 0.1) is 6.92 Å². The lowest BCUT2D eigenvalue weighted by molar-refractivity contribution is 0.312. The molecule has 128 valence electrons. The third-order valence-corrected chi connectivity index (χ3v) is 5.37. The minimum Gasteiger partial charge on any atom is -0.353 e. The number of sulfonamides is 1. The molecule has 0 bridgehead atoms. The molecule has 0 spiro atoms. The number of aryl methyl sites for hydroxylation is 1. The van der Waals surface area contributed by atoms with Crippen molar-refractivity contribution in [2.75, 3.05) is 42.8 Å². The zero-order valence-corrected chi connectivity index (χ0v) is 14.6. The molecule has 1 aliphatic heterocycles. The van der Waals surface area contributed by atoms with Crippen molar-refractivity contribution < 1.29 is 8.42 Å². The Labute approximate surface area is 142 Å². The summed E-state index contributed by atoms with van der Waals surface area (Å²) in [6.45, 7) is 5.58. The SMILES string of the molecule is Cc1cccc(S(=O)(=O)Nc2ccc(N3CCN(C)CC3)nn2)c1. The van der Waals surface area contributed by atoms with Gasteiger partial charge in [0.05, 0.1) is 4.90 Å². The summed E-state index contributed by atoms with van der Waals surface area (Å²) in [5.41, 5.74) is 0.884. The van der Waals surface area contributed by atoms with Crippen LogP contribution in [0.15, 0.2) is 41.3 Å². The summed E-state index contributed by atoms with van der Waals surface area (Å²) in [5.74, 6) is 0.982. The first-order chi connectivity index (χ1) is 11.4. The average molecular weight is 347 g/mol. The number of aromatic nitrogens is 2. The Hall–Kier alpha value is -2.19. The number of likely N-dealkylation sites (N-methyl/N-ethyl adjacent to an activating group) is 1. The van der Waals surface area contributed by atoms with Crippen LogP contribution in [0.4, 0.5) is 11.6 Å². The highest BCUT2D eigenvalue weighted by Gasteiger charge is 2.18. The van der Waals surface area contributed by atoms with Gasteiger partial charge in [-0.2, -0.15) is 0 Å². The van der Waals surface area contributed by atoms with Crippen LogP contribution in [0.25, 0.3) is 0 Å². The Bertz CT molecular complexity index is 799. The number of nitrogens with zero attached hydrogens (tertiary/aromatic N) is 4. The van der Waals surface area contributed by atoms with Gasteiger partial charge in [-0.15, -0.1) is 10.2 Å². The number of hydrogen-bond acceptors (Lipinski definition) is 6. The first-order valence-corrected chi connectivity index (χ1v) is 9.29. The number of rotatable bonds is 4. The quantitative estimate of drug-likeness (QED) is 0.899. The maximum atomic E-state index is 12.4. The molecule has 7 nitrogen and oxygen atoms in total. The first-order valence-electron chi connectivity index (χ1n) is 7.81. The Morgan fingerprint density at radius 2 is 1.79 bits per heavy atom. The fourth-order valence-electron chi connectivity index (χ4n) is 2.56. The standard InChI is InChI=1S/C16H21N5O2S/c1-13-4-3-5-14(12-13)24(22,23)19-15-6-7-16(18-17-15)21-10-8-20(2)9-11-21/h3-7,12H,8-11H2,1-2H3,(H,17,19). The molecule has 0 amide bonds. The molecule has 1 aromatic heterocycles. The second-order valence-corrected chi connectivity index (χ2v) is 7.67. The van der Waals surface area contributed by atoms with Gasteiger partial charge in [-0.1, -0.05) is 12.1 Å². The highest BCUT2D eigenvalue weighted by atomic mass is 32.2. The van der Waals surface area contributed by atoms with E-state index in [-0.39, 0.29) is 10.7 Å². The second-order valence-electron chi connectivity index (χ2n) is 5.99. The molecule has 0 unspecified atom stereocenters. The molecular weight excluding hydrogens is 326 g/mol. The summed E-state index contributed by atoms with van der Waals surface area (Å²) in [7, 11) is -1.56. The van der Waals surface area contributed by atoms with Crippen LogP contribution in [-0.4, -0.2) is 56.7 Å². The van der Waals surface area contributed by atoms with Gasteiger partial charge in [0, 0.05) is 26.2 Å². The van der Waals surface area contributed by atoms with E-state index in [1.807, 2.05) is 13.0 Å². The van der Waals surface area contributed by atoms with Crippen LogP contribution < -0.4 is 9.62 Å². The molecule has 0 saturated carbocycles. The van der Waals surface area contributed by atoms with Crippen molar-refractivity contribution in [3.8, 4) is 0 Å². The number of piperazine rings is 1. The molecular formula is C16H21N5O2S. The van der Waals surface area contributed by atoms with Crippen molar-refractivity contribution in [1.82, 2.24) is 15.1 Å². The van der Waals surface area contributed by atoms with E-state index >= 15 is 0 Å². The molecule has 0 aliphatic carbocycles. The van der Waals surface area contributed by atoms with Gasteiger partial charge in [-0.25, -0.2) is 8.42 Å². The largest absolute Gasteiger partial charge is 0.353 e. The number of benzene rings is 1. The van der Waals surface area contributed by atoms with Gasteiger partial charge in [-0.3, -0.25) is 4.72 Å². The lowest BCUT2D eigenvalue weighted by atomic mass is 10.2. The van der Waals surface area contributed by atoms with Crippen LogP contribution in [0.3, 0.4) is 0 Å². The van der Waals surface area contributed by atoms with E-state index < -0.39 is 10.0 Å². The van der Waals surface area contributed by atoms with Gasteiger partial charge in [-0.05, 0) is 43.8 Å². The zero-order valence-electron chi connectivity index (χ0n) is 13.8. The van der Waals surface area contributed by atoms with Crippen molar-refractivity contribution in [2.24, 2.45) is 0 Å². The van der Waals surface area contributed by atoms with E-state index in [9.17, 15) is 8.42 Å². The van der Waals surface area contributed by atoms with Crippen molar-refractivity contribution in [3.63, 3.8) is 0 Å². The van der Waals surface area contributed by atoms with Crippen LogP contribution in [-0.2, 0) is 10.0 Å². The van der Waals surface area contributed by atoms with E-state index in [1.54, 1.807) is 30.3 Å². The maximum absolute atomic E-state index is 12.4. The van der Waals surface area contributed by atoms with Gasteiger partial charge in [0.25, 0.3) is 10.0 Å². The van der Waals surface area contributed by atoms with Gasteiger partial charge >= 0.3 is 0 Å². The Morgan fingerprint density at radius 1 is 1.04 bits per heavy atom. The van der Waals surface area contributed by atoms with Gasteiger partial charge in [0.2, 0.25) is 0 Å². The third kappa shape index (κ3) is 3.82. The van der Waals surface area contributed by atoms with E-state index in [2.05, 4.69) is 31.8 Å². The van der Waals surface area contributed by atoms with Gasteiger partial charge in [0.15, 0.2) is 11.6 Å². The molecule has 0 radical (unpaired) electrons. The van der Waals surface area contributed by atoms with Crippen LogP contribution in [0.5, 0.6) is 0 Å². The van der Waals surface area contributed by atoms with Crippen molar-refractivity contribution in [3.05, 3.63) is 42.0 Å². The summed E-state index contributed by atoms with van der Waals surface area (Å²) >= 11 is 0. The van der Waals surface area contributed by atoms with E-state index in [0.29, 0.717) is 0 Å². The highest BCUT2D eigenvalue weighted by Crippen LogP contribution is 2.17. The maximum Gasteiger partial charge on any atom is 0.263 e. The van der Waals surface area contributed by atoms with Crippen molar-refractivity contribution >= 4 is 21.7 Å². The average Bonchev–Trinajstić information content (AvgIpc) is 2.56. The molecule has 3 rings (SSSR count). The van der Waals surface area contributed by atoms with Gasteiger partial charge in [0.1, 0.15) is 0 Å². The predicted molar refractivity (Wildman–Crippen MR) is 93.7 cm³/mol. The molecule has 1 aliphatic rings. The lowest BCUT2D eigenvalue weighted by Crippen LogP contribution is -2.44. The Balaban J connectivity index is 1.72. The summed E-state index contributed by atoms with van der Waals surface area (Å²) in [6, 6.07) is 10.2. The normalized spacial score (nSPS) is 16.2. The molecule has 2 heterocycles. The highest BCUT2D eigenvalue weighted by molar-refractivity contribution is 7.92. The first kappa shape index (κ1) is 16.7. The van der Waals surface area contributed by atoms with Gasteiger partial charge < -0.3 is 9.80 Å². The van der Waals surface area contributed by atoms with E-state index in [1.165, 1.54) is 0 Å². The smallest absolute Gasteiger partial charge is 0.263 e. The summed E-state index contributed by atoms with van der Waals surface area (Å²) in [5, 5.41) is 8.16. The Kier molecular flexibility index (Phi) is 4.68. The lowest BCUT2D eigenvalue weighted by Gasteiger charge is -2.32.